The molecule has 1 saturated carbocycles. The summed E-state index contributed by atoms with van der Waals surface area (Å²) in [4.78, 5) is 18.7. The Morgan fingerprint density at radius 1 is 1.65 bits per heavy atom. The number of anilines is 1. The standard InChI is InChI=1S/C12H19N3OS/c1-8(7-17-2)6-13-10-5-11(16)15-12(14-10)9-3-4-9/h5,8-9H,3-4,6-7H2,1-2H3,(H2,13,14,15,16). The monoisotopic (exact) mass is 253 g/mol. The van der Waals surface area contributed by atoms with Gasteiger partial charge in [-0.15, -0.1) is 0 Å². The van der Waals surface area contributed by atoms with Crippen LogP contribution in [0.1, 0.15) is 31.5 Å². The fraction of sp³-hybridized carbons (Fsp3) is 0.667. The molecule has 2 N–H and O–H groups in total. The van der Waals surface area contributed by atoms with Crippen LogP contribution in [0.15, 0.2) is 10.9 Å². The van der Waals surface area contributed by atoms with Gasteiger partial charge in [0.2, 0.25) is 0 Å². The van der Waals surface area contributed by atoms with Crippen LogP contribution < -0.4 is 10.9 Å². The van der Waals surface area contributed by atoms with Crippen molar-refractivity contribution in [2.24, 2.45) is 5.92 Å². The number of rotatable bonds is 6. The summed E-state index contributed by atoms with van der Waals surface area (Å²) in [5.74, 6) is 3.73. The van der Waals surface area contributed by atoms with E-state index >= 15 is 0 Å². The van der Waals surface area contributed by atoms with Crippen molar-refractivity contribution in [3.63, 3.8) is 0 Å². The van der Waals surface area contributed by atoms with E-state index in [4.69, 9.17) is 0 Å². The first-order chi connectivity index (χ1) is 8.19. The molecule has 1 aromatic heterocycles. The highest BCUT2D eigenvalue weighted by Gasteiger charge is 2.26. The number of aromatic amines is 1. The molecule has 1 heterocycles. The van der Waals surface area contributed by atoms with Crippen LogP contribution in [0.5, 0.6) is 0 Å². The molecule has 1 atom stereocenters. The Bertz CT molecular complexity index is 428. The zero-order valence-corrected chi connectivity index (χ0v) is 11.1. The van der Waals surface area contributed by atoms with Gasteiger partial charge in [0.1, 0.15) is 11.6 Å². The Kier molecular flexibility index (Phi) is 4.10. The van der Waals surface area contributed by atoms with Crippen molar-refractivity contribution in [3.05, 3.63) is 22.2 Å². The Morgan fingerprint density at radius 3 is 3.06 bits per heavy atom. The minimum absolute atomic E-state index is 0.0538. The second-order valence-electron chi connectivity index (χ2n) is 4.73. The van der Waals surface area contributed by atoms with Gasteiger partial charge in [-0.1, -0.05) is 6.92 Å². The van der Waals surface area contributed by atoms with Crippen LogP contribution in [0.4, 0.5) is 5.82 Å². The van der Waals surface area contributed by atoms with Crippen LogP contribution in [0, 0.1) is 5.92 Å². The topological polar surface area (TPSA) is 57.8 Å². The van der Waals surface area contributed by atoms with Gasteiger partial charge in [-0.3, -0.25) is 4.79 Å². The molecule has 4 nitrogen and oxygen atoms in total. The van der Waals surface area contributed by atoms with E-state index in [2.05, 4.69) is 28.5 Å². The molecule has 17 heavy (non-hydrogen) atoms. The van der Waals surface area contributed by atoms with E-state index in [9.17, 15) is 4.79 Å². The summed E-state index contributed by atoms with van der Waals surface area (Å²) in [5, 5.41) is 3.25. The lowest BCUT2D eigenvalue weighted by Gasteiger charge is -2.11. The molecule has 1 fully saturated rings. The molecule has 1 aliphatic rings. The van der Waals surface area contributed by atoms with Crippen molar-refractivity contribution in [3.8, 4) is 0 Å². The minimum atomic E-state index is -0.0538. The van der Waals surface area contributed by atoms with E-state index in [1.54, 1.807) is 0 Å². The van der Waals surface area contributed by atoms with Gasteiger partial charge in [-0.05, 0) is 30.8 Å². The zero-order chi connectivity index (χ0) is 12.3. The minimum Gasteiger partial charge on any atom is -0.370 e. The van der Waals surface area contributed by atoms with Gasteiger partial charge in [0.25, 0.3) is 5.56 Å². The first-order valence-electron chi connectivity index (χ1n) is 6.03. The molecule has 94 valence electrons. The van der Waals surface area contributed by atoms with E-state index < -0.39 is 0 Å². The smallest absolute Gasteiger partial charge is 0.252 e. The number of thioether (sulfide) groups is 1. The van der Waals surface area contributed by atoms with E-state index in [1.807, 2.05) is 11.8 Å². The van der Waals surface area contributed by atoms with Crippen LogP contribution in [-0.4, -0.2) is 28.5 Å². The fourth-order valence-electron chi connectivity index (χ4n) is 1.74. The third-order valence-electron chi connectivity index (χ3n) is 2.81. The normalized spacial score (nSPS) is 16.8. The number of nitrogens with zero attached hydrogens (tertiary/aromatic N) is 1. The van der Waals surface area contributed by atoms with Crippen LogP contribution in [-0.2, 0) is 0 Å². The highest BCUT2D eigenvalue weighted by molar-refractivity contribution is 7.98. The number of hydrogen-bond donors (Lipinski definition) is 2. The highest BCUT2D eigenvalue weighted by Crippen LogP contribution is 2.37. The lowest BCUT2D eigenvalue weighted by molar-refractivity contribution is 0.698. The third-order valence-corrected chi connectivity index (χ3v) is 3.71. The molecule has 1 unspecified atom stereocenters. The Balaban J connectivity index is 1.97. The quantitative estimate of drug-likeness (QED) is 0.814. The molecule has 0 radical (unpaired) electrons. The van der Waals surface area contributed by atoms with Crippen molar-refractivity contribution >= 4 is 17.6 Å². The Labute approximate surface area is 106 Å². The van der Waals surface area contributed by atoms with Gasteiger partial charge in [0.15, 0.2) is 0 Å². The summed E-state index contributed by atoms with van der Waals surface area (Å²) in [6, 6.07) is 1.54. The predicted molar refractivity (Wildman–Crippen MR) is 72.9 cm³/mol. The molecule has 0 amide bonds. The molecule has 0 spiro atoms. The van der Waals surface area contributed by atoms with Gasteiger partial charge >= 0.3 is 0 Å². The lowest BCUT2D eigenvalue weighted by atomic mass is 10.2. The highest BCUT2D eigenvalue weighted by atomic mass is 32.2. The van der Waals surface area contributed by atoms with Crippen molar-refractivity contribution in [2.45, 2.75) is 25.7 Å². The third kappa shape index (κ3) is 3.77. The number of hydrogen-bond acceptors (Lipinski definition) is 4. The van der Waals surface area contributed by atoms with E-state index in [-0.39, 0.29) is 5.56 Å². The maximum absolute atomic E-state index is 11.5. The molecular formula is C12H19N3OS. The number of aromatic nitrogens is 2. The second-order valence-corrected chi connectivity index (χ2v) is 5.64. The molecule has 1 aliphatic carbocycles. The fourth-order valence-corrected chi connectivity index (χ4v) is 2.43. The number of nitrogens with one attached hydrogen (secondary N) is 2. The van der Waals surface area contributed by atoms with E-state index in [0.29, 0.717) is 17.7 Å². The van der Waals surface area contributed by atoms with Crippen LogP contribution in [0.2, 0.25) is 0 Å². The largest absolute Gasteiger partial charge is 0.370 e. The second kappa shape index (κ2) is 5.58. The van der Waals surface area contributed by atoms with Crippen molar-refractivity contribution in [1.82, 2.24) is 9.97 Å². The van der Waals surface area contributed by atoms with Gasteiger partial charge in [-0.25, -0.2) is 4.98 Å². The molecule has 5 heteroatoms. The van der Waals surface area contributed by atoms with E-state index in [1.165, 1.54) is 6.07 Å². The van der Waals surface area contributed by atoms with Crippen molar-refractivity contribution in [2.75, 3.05) is 23.9 Å². The Hall–Kier alpha value is -0.970. The zero-order valence-electron chi connectivity index (χ0n) is 10.3. The molecule has 0 saturated heterocycles. The Morgan fingerprint density at radius 2 is 2.41 bits per heavy atom. The summed E-state index contributed by atoms with van der Waals surface area (Å²) in [5.41, 5.74) is -0.0538. The van der Waals surface area contributed by atoms with Gasteiger partial charge < -0.3 is 10.3 Å². The average Bonchev–Trinajstić information content (AvgIpc) is 3.10. The van der Waals surface area contributed by atoms with Crippen LogP contribution in [0.25, 0.3) is 0 Å². The average molecular weight is 253 g/mol. The summed E-state index contributed by atoms with van der Waals surface area (Å²) in [6.45, 7) is 3.06. The van der Waals surface area contributed by atoms with Gasteiger partial charge in [0, 0.05) is 18.5 Å². The molecule has 0 aliphatic heterocycles. The van der Waals surface area contributed by atoms with Gasteiger partial charge in [0.05, 0.1) is 0 Å². The van der Waals surface area contributed by atoms with E-state index in [0.717, 1.165) is 31.0 Å². The summed E-state index contributed by atoms with van der Waals surface area (Å²) < 4.78 is 0. The summed E-state index contributed by atoms with van der Waals surface area (Å²) in [7, 11) is 0. The predicted octanol–water partition coefficient (Wildman–Crippen LogP) is 2.06. The summed E-state index contributed by atoms with van der Waals surface area (Å²) >= 11 is 1.84. The maximum atomic E-state index is 11.5. The first kappa shape index (κ1) is 12.5. The van der Waals surface area contributed by atoms with Crippen molar-refractivity contribution < 1.29 is 0 Å². The molecule has 2 rings (SSSR count). The van der Waals surface area contributed by atoms with Crippen molar-refractivity contribution in [1.29, 1.82) is 0 Å². The van der Waals surface area contributed by atoms with Crippen LogP contribution in [0.3, 0.4) is 0 Å². The maximum Gasteiger partial charge on any atom is 0.252 e. The first-order valence-corrected chi connectivity index (χ1v) is 7.42. The molecule has 0 bridgehead atoms. The molecule has 0 aromatic carbocycles. The lowest BCUT2D eigenvalue weighted by Crippen LogP contribution is -2.18. The number of H-pyrrole nitrogens is 1. The molecule has 1 aromatic rings. The van der Waals surface area contributed by atoms with Crippen LogP contribution >= 0.6 is 11.8 Å². The summed E-state index contributed by atoms with van der Waals surface area (Å²) in [6.07, 6.45) is 4.40. The SMILES string of the molecule is CSCC(C)CNc1cc(=O)[nH]c(C2CC2)n1. The molecular weight excluding hydrogens is 234 g/mol. The van der Waals surface area contributed by atoms with Gasteiger partial charge in [-0.2, -0.15) is 11.8 Å².